The van der Waals surface area contributed by atoms with Gasteiger partial charge in [0, 0.05) is 30.2 Å². The number of likely N-dealkylation sites (tertiary alicyclic amines) is 1. The van der Waals surface area contributed by atoms with Crippen LogP contribution in [-0.2, 0) is 14.3 Å². The maximum Gasteiger partial charge on any atom is 0.229 e. The molecule has 4 heteroatoms. The number of fused-ring (bicyclic) bond motifs is 2. The van der Waals surface area contributed by atoms with Crippen LogP contribution in [0.5, 0.6) is 0 Å². The minimum atomic E-state index is -0.423. The highest BCUT2D eigenvalue weighted by Gasteiger charge is 2.79. The highest BCUT2D eigenvalue weighted by molar-refractivity contribution is 5.98. The molecule has 0 aromatic heterocycles. The lowest BCUT2D eigenvalue weighted by Crippen LogP contribution is -2.55. The summed E-state index contributed by atoms with van der Waals surface area (Å²) in [5.74, 6) is 1.45. The third-order valence-electron chi connectivity index (χ3n) is 7.12. The molecule has 2 bridgehead atoms. The zero-order valence-electron chi connectivity index (χ0n) is 12.6. The van der Waals surface area contributed by atoms with Crippen LogP contribution < -0.4 is 0 Å². The Hall–Kier alpha value is -0.900. The average Bonchev–Trinajstić information content (AvgIpc) is 3.16. The van der Waals surface area contributed by atoms with E-state index in [0.29, 0.717) is 17.8 Å². The van der Waals surface area contributed by atoms with E-state index in [1.54, 1.807) is 0 Å². The SMILES string of the molecule is CCN1C(=O)C2C3CC4C(OC1(C1CCCCC1)C42)C3=O. The molecule has 0 aromatic carbocycles. The number of hydrogen-bond donors (Lipinski definition) is 0. The predicted molar refractivity (Wildman–Crippen MR) is 75.2 cm³/mol. The summed E-state index contributed by atoms with van der Waals surface area (Å²) in [4.78, 5) is 27.4. The van der Waals surface area contributed by atoms with Crippen LogP contribution in [0.15, 0.2) is 0 Å². The van der Waals surface area contributed by atoms with Gasteiger partial charge in [0.25, 0.3) is 0 Å². The van der Waals surface area contributed by atoms with Gasteiger partial charge in [0.2, 0.25) is 5.91 Å². The van der Waals surface area contributed by atoms with Gasteiger partial charge < -0.3 is 9.64 Å². The van der Waals surface area contributed by atoms with E-state index < -0.39 is 5.72 Å². The Balaban J connectivity index is 1.65. The second-order valence-corrected chi connectivity index (χ2v) is 7.67. The predicted octanol–water partition coefficient (Wildman–Crippen LogP) is 1.98. The van der Waals surface area contributed by atoms with Gasteiger partial charge in [-0.2, -0.15) is 0 Å². The number of Topliss-reactive ketones (excluding diaryl/α,β-unsaturated/α-hetero) is 1. The standard InChI is InChI=1S/C17H23NO3/c1-2-18-16(20)12-10-8-11-13(12)17(18,21-15(11)14(10)19)9-6-4-3-5-7-9/h9-13,15H,2-8H2,1H3. The smallest absolute Gasteiger partial charge is 0.229 e. The number of hydrogen-bond acceptors (Lipinski definition) is 3. The van der Waals surface area contributed by atoms with E-state index in [1.807, 2.05) is 4.90 Å². The van der Waals surface area contributed by atoms with Crippen molar-refractivity contribution in [2.24, 2.45) is 29.6 Å². The second kappa shape index (κ2) is 3.89. The molecule has 6 unspecified atom stereocenters. The van der Waals surface area contributed by atoms with Crippen molar-refractivity contribution >= 4 is 11.7 Å². The zero-order valence-corrected chi connectivity index (χ0v) is 12.6. The molecule has 4 nitrogen and oxygen atoms in total. The Kier molecular flexibility index (Phi) is 2.34. The van der Waals surface area contributed by atoms with E-state index in [2.05, 4.69) is 6.92 Å². The molecule has 0 spiro atoms. The lowest BCUT2D eigenvalue weighted by Gasteiger charge is -2.45. The summed E-state index contributed by atoms with van der Waals surface area (Å²) >= 11 is 0. The van der Waals surface area contributed by atoms with Crippen LogP contribution in [0.1, 0.15) is 45.4 Å². The average molecular weight is 289 g/mol. The highest BCUT2D eigenvalue weighted by atomic mass is 16.5. The summed E-state index contributed by atoms with van der Waals surface area (Å²) in [5, 5.41) is 0. The summed E-state index contributed by atoms with van der Waals surface area (Å²) in [6, 6.07) is 0. The van der Waals surface area contributed by atoms with E-state index in [9.17, 15) is 9.59 Å². The van der Waals surface area contributed by atoms with Crippen molar-refractivity contribution in [1.82, 2.24) is 4.90 Å². The van der Waals surface area contributed by atoms with E-state index in [0.717, 1.165) is 25.8 Å². The summed E-state index contributed by atoms with van der Waals surface area (Å²) in [5.41, 5.74) is -0.423. The first-order valence-electron chi connectivity index (χ1n) is 8.73. The third kappa shape index (κ3) is 1.20. The molecule has 0 radical (unpaired) electrons. The zero-order chi connectivity index (χ0) is 14.4. The number of nitrogens with zero attached hydrogens (tertiary/aromatic N) is 1. The van der Waals surface area contributed by atoms with Gasteiger partial charge in [0.15, 0.2) is 11.5 Å². The van der Waals surface area contributed by atoms with E-state index in [1.165, 1.54) is 19.3 Å². The molecule has 3 aliphatic carbocycles. The fourth-order valence-electron chi connectivity index (χ4n) is 6.55. The van der Waals surface area contributed by atoms with Crippen LogP contribution in [0.25, 0.3) is 0 Å². The summed E-state index contributed by atoms with van der Waals surface area (Å²) < 4.78 is 6.50. The Bertz CT molecular complexity index is 526. The molecule has 5 fully saturated rings. The molecule has 2 heterocycles. The first-order valence-corrected chi connectivity index (χ1v) is 8.73. The van der Waals surface area contributed by atoms with Gasteiger partial charge in [0.05, 0.1) is 5.92 Å². The van der Waals surface area contributed by atoms with Gasteiger partial charge in [-0.15, -0.1) is 0 Å². The van der Waals surface area contributed by atoms with Crippen molar-refractivity contribution in [2.45, 2.75) is 57.3 Å². The maximum atomic E-state index is 12.9. The van der Waals surface area contributed by atoms with Crippen molar-refractivity contribution < 1.29 is 14.3 Å². The monoisotopic (exact) mass is 289 g/mol. The molecule has 2 saturated heterocycles. The van der Waals surface area contributed by atoms with Gasteiger partial charge in [-0.3, -0.25) is 9.59 Å². The second-order valence-electron chi connectivity index (χ2n) is 7.67. The molecular weight excluding hydrogens is 266 g/mol. The highest BCUT2D eigenvalue weighted by Crippen LogP contribution is 2.68. The van der Waals surface area contributed by atoms with Crippen molar-refractivity contribution in [1.29, 1.82) is 0 Å². The van der Waals surface area contributed by atoms with Crippen molar-refractivity contribution in [3.05, 3.63) is 0 Å². The fourth-order valence-corrected chi connectivity index (χ4v) is 6.55. The minimum Gasteiger partial charge on any atom is -0.344 e. The number of ketones is 1. The molecule has 5 rings (SSSR count). The van der Waals surface area contributed by atoms with Crippen LogP contribution >= 0.6 is 0 Å². The van der Waals surface area contributed by atoms with Gasteiger partial charge >= 0.3 is 0 Å². The van der Waals surface area contributed by atoms with Crippen LogP contribution in [0.3, 0.4) is 0 Å². The summed E-state index contributed by atoms with van der Waals surface area (Å²) in [6.07, 6.45) is 6.82. The number of amides is 1. The van der Waals surface area contributed by atoms with E-state index in [-0.39, 0.29) is 29.6 Å². The molecule has 3 saturated carbocycles. The van der Waals surface area contributed by atoms with Gasteiger partial charge in [-0.25, -0.2) is 0 Å². The fraction of sp³-hybridized carbons (Fsp3) is 0.882. The summed E-state index contributed by atoms with van der Waals surface area (Å²) in [6.45, 7) is 2.79. The van der Waals surface area contributed by atoms with Crippen molar-refractivity contribution in [3.8, 4) is 0 Å². The molecule has 2 aliphatic heterocycles. The first kappa shape index (κ1) is 12.6. The quantitative estimate of drug-likeness (QED) is 0.781. The van der Waals surface area contributed by atoms with Gasteiger partial charge in [-0.05, 0) is 26.2 Å². The van der Waals surface area contributed by atoms with Crippen molar-refractivity contribution in [2.75, 3.05) is 6.54 Å². The van der Waals surface area contributed by atoms with E-state index >= 15 is 0 Å². The van der Waals surface area contributed by atoms with E-state index in [4.69, 9.17) is 4.74 Å². The maximum absolute atomic E-state index is 12.9. The molecule has 114 valence electrons. The number of rotatable bonds is 2. The number of carbonyl (C=O) groups excluding carboxylic acids is 2. The molecule has 21 heavy (non-hydrogen) atoms. The Morgan fingerprint density at radius 1 is 1.24 bits per heavy atom. The molecule has 1 amide bonds. The van der Waals surface area contributed by atoms with Crippen LogP contribution in [-0.4, -0.2) is 35.0 Å². The number of carbonyl (C=O) groups is 2. The first-order chi connectivity index (χ1) is 10.2. The van der Waals surface area contributed by atoms with Gasteiger partial charge in [0.1, 0.15) is 6.10 Å². The van der Waals surface area contributed by atoms with Crippen molar-refractivity contribution in [3.63, 3.8) is 0 Å². The Morgan fingerprint density at radius 2 is 2.00 bits per heavy atom. The van der Waals surface area contributed by atoms with Crippen LogP contribution in [0, 0.1) is 29.6 Å². The molecular formula is C17H23NO3. The van der Waals surface area contributed by atoms with Crippen LogP contribution in [0.2, 0.25) is 0 Å². The largest absolute Gasteiger partial charge is 0.344 e. The summed E-state index contributed by atoms with van der Waals surface area (Å²) in [7, 11) is 0. The Morgan fingerprint density at radius 3 is 2.71 bits per heavy atom. The molecule has 0 N–H and O–H groups in total. The topological polar surface area (TPSA) is 46.6 Å². The molecule has 5 aliphatic rings. The molecule has 0 aromatic rings. The van der Waals surface area contributed by atoms with Gasteiger partial charge in [-0.1, -0.05) is 19.3 Å². The third-order valence-corrected chi connectivity index (χ3v) is 7.12. The Labute approximate surface area is 125 Å². The lowest BCUT2D eigenvalue weighted by molar-refractivity contribution is -0.190. The normalized spacial score (nSPS) is 51.5. The van der Waals surface area contributed by atoms with Crippen LogP contribution in [0.4, 0.5) is 0 Å². The lowest BCUT2D eigenvalue weighted by atomic mass is 9.71. The minimum absolute atomic E-state index is 0.0282. The molecule has 6 atom stereocenters. The number of ether oxygens (including phenoxy) is 1.